The summed E-state index contributed by atoms with van der Waals surface area (Å²) < 4.78 is 24.2. The average Bonchev–Trinajstić information content (AvgIpc) is 2.53. The van der Waals surface area contributed by atoms with Gasteiger partial charge in [-0.25, -0.2) is 12.7 Å². The molecular formula is C15H21N3O4S. The Morgan fingerprint density at radius 2 is 1.78 bits per heavy atom. The van der Waals surface area contributed by atoms with Gasteiger partial charge in [-0.15, -0.1) is 0 Å². The van der Waals surface area contributed by atoms with Crippen molar-refractivity contribution in [2.75, 3.05) is 25.9 Å². The molecule has 126 valence electrons. The van der Waals surface area contributed by atoms with Gasteiger partial charge in [0.05, 0.1) is 12.8 Å². The van der Waals surface area contributed by atoms with Crippen molar-refractivity contribution < 1.29 is 18.0 Å². The molecule has 0 aliphatic carbocycles. The first-order valence-corrected chi connectivity index (χ1v) is 9.29. The minimum absolute atomic E-state index is 0.0610. The second kappa shape index (κ2) is 7.56. The first kappa shape index (κ1) is 17.4. The van der Waals surface area contributed by atoms with E-state index in [0.717, 1.165) is 0 Å². The molecule has 1 aliphatic rings. The molecule has 0 saturated carbocycles. The van der Waals surface area contributed by atoms with Crippen molar-refractivity contribution in [2.24, 2.45) is 0 Å². The molecular weight excluding hydrogens is 318 g/mol. The van der Waals surface area contributed by atoms with Crippen LogP contribution in [0.5, 0.6) is 0 Å². The Kier molecular flexibility index (Phi) is 5.73. The van der Waals surface area contributed by atoms with Crippen LogP contribution < -0.4 is 10.6 Å². The van der Waals surface area contributed by atoms with Crippen LogP contribution in [-0.2, 0) is 14.8 Å². The standard InChI is InChI=1S/C15H21N3O4S/c1-23(21,22)18-9-7-13(8-10-18)17-14(19)11-16-15(20)12-5-3-2-4-6-12/h2-6,13H,7-11H2,1H3,(H,16,20)(H,17,19). The average molecular weight is 339 g/mol. The normalized spacial score (nSPS) is 16.7. The van der Waals surface area contributed by atoms with Crippen LogP contribution in [0.3, 0.4) is 0 Å². The number of sulfonamides is 1. The number of carbonyl (C=O) groups is 2. The van der Waals surface area contributed by atoms with Crippen LogP contribution in [0.15, 0.2) is 30.3 Å². The third-order valence-electron chi connectivity index (χ3n) is 3.73. The Hall–Kier alpha value is -1.93. The molecule has 23 heavy (non-hydrogen) atoms. The number of nitrogens with zero attached hydrogens (tertiary/aromatic N) is 1. The maximum Gasteiger partial charge on any atom is 0.251 e. The van der Waals surface area contributed by atoms with Crippen molar-refractivity contribution in [3.63, 3.8) is 0 Å². The third-order valence-corrected chi connectivity index (χ3v) is 5.04. The summed E-state index contributed by atoms with van der Waals surface area (Å²) in [7, 11) is -3.17. The van der Waals surface area contributed by atoms with Crippen molar-refractivity contribution in [1.29, 1.82) is 0 Å². The van der Waals surface area contributed by atoms with Gasteiger partial charge in [0.1, 0.15) is 0 Å². The Morgan fingerprint density at radius 1 is 1.17 bits per heavy atom. The smallest absolute Gasteiger partial charge is 0.251 e. The van der Waals surface area contributed by atoms with Gasteiger partial charge in [-0.2, -0.15) is 0 Å². The molecule has 0 bridgehead atoms. The number of piperidine rings is 1. The van der Waals surface area contributed by atoms with Crippen LogP contribution in [-0.4, -0.2) is 56.5 Å². The van der Waals surface area contributed by atoms with E-state index < -0.39 is 10.0 Å². The molecule has 2 amide bonds. The highest BCUT2D eigenvalue weighted by Crippen LogP contribution is 2.12. The molecule has 1 heterocycles. The molecule has 0 spiro atoms. The van der Waals surface area contributed by atoms with Gasteiger partial charge in [0.2, 0.25) is 15.9 Å². The number of nitrogens with one attached hydrogen (secondary N) is 2. The summed E-state index contributed by atoms with van der Waals surface area (Å²) in [5, 5.41) is 5.39. The first-order valence-electron chi connectivity index (χ1n) is 7.44. The number of carbonyl (C=O) groups excluding carboxylic acids is 2. The Morgan fingerprint density at radius 3 is 2.35 bits per heavy atom. The summed E-state index contributed by atoms with van der Waals surface area (Å²) in [5.41, 5.74) is 0.502. The van der Waals surface area contributed by atoms with Crippen LogP contribution in [0.2, 0.25) is 0 Å². The molecule has 2 rings (SSSR count). The van der Waals surface area contributed by atoms with E-state index >= 15 is 0 Å². The van der Waals surface area contributed by atoms with Gasteiger partial charge in [0, 0.05) is 24.7 Å². The fraction of sp³-hybridized carbons (Fsp3) is 0.467. The zero-order valence-electron chi connectivity index (χ0n) is 13.0. The van der Waals surface area contributed by atoms with Crippen LogP contribution in [0.4, 0.5) is 0 Å². The lowest BCUT2D eigenvalue weighted by atomic mass is 10.1. The number of hydrogen-bond acceptors (Lipinski definition) is 4. The van der Waals surface area contributed by atoms with Crippen LogP contribution in [0, 0.1) is 0 Å². The zero-order valence-corrected chi connectivity index (χ0v) is 13.8. The lowest BCUT2D eigenvalue weighted by Crippen LogP contribution is -2.48. The molecule has 0 unspecified atom stereocenters. The van der Waals surface area contributed by atoms with Crippen molar-refractivity contribution in [3.8, 4) is 0 Å². The predicted octanol–water partition coefficient (Wildman–Crippen LogP) is -0.0434. The molecule has 0 atom stereocenters. The van der Waals surface area contributed by atoms with Gasteiger partial charge >= 0.3 is 0 Å². The lowest BCUT2D eigenvalue weighted by molar-refractivity contribution is -0.121. The zero-order chi connectivity index (χ0) is 16.9. The van der Waals surface area contributed by atoms with Crippen molar-refractivity contribution >= 4 is 21.8 Å². The Labute approximate surface area is 136 Å². The third kappa shape index (κ3) is 5.33. The Balaban J connectivity index is 1.73. The fourth-order valence-electron chi connectivity index (χ4n) is 2.46. The number of benzene rings is 1. The van der Waals surface area contributed by atoms with E-state index in [2.05, 4.69) is 10.6 Å². The molecule has 2 N–H and O–H groups in total. The largest absolute Gasteiger partial charge is 0.352 e. The number of hydrogen-bond donors (Lipinski definition) is 2. The minimum Gasteiger partial charge on any atom is -0.352 e. The number of rotatable bonds is 5. The van der Waals surface area contributed by atoms with Crippen molar-refractivity contribution in [2.45, 2.75) is 18.9 Å². The molecule has 1 aromatic rings. The monoisotopic (exact) mass is 339 g/mol. The SMILES string of the molecule is CS(=O)(=O)N1CCC(NC(=O)CNC(=O)c2ccccc2)CC1. The summed E-state index contributed by atoms with van der Waals surface area (Å²) >= 11 is 0. The van der Waals surface area contributed by atoms with E-state index in [1.54, 1.807) is 24.3 Å². The molecule has 8 heteroatoms. The fourth-order valence-corrected chi connectivity index (χ4v) is 3.34. The first-order chi connectivity index (χ1) is 10.9. The molecule has 1 aromatic carbocycles. The van der Waals surface area contributed by atoms with Gasteiger partial charge < -0.3 is 10.6 Å². The van der Waals surface area contributed by atoms with Gasteiger partial charge in [-0.05, 0) is 25.0 Å². The second-order valence-corrected chi connectivity index (χ2v) is 7.53. The van der Waals surface area contributed by atoms with Crippen LogP contribution in [0.25, 0.3) is 0 Å². The summed E-state index contributed by atoms with van der Waals surface area (Å²) in [5.74, 6) is -0.570. The molecule has 0 radical (unpaired) electrons. The van der Waals surface area contributed by atoms with Crippen molar-refractivity contribution in [1.82, 2.24) is 14.9 Å². The minimum atomic E-state index is -3.17. The molecule has 1 aliphatic heterocycles. The van der Waals surface area contributed by atoms with E-state index in [0.29, 0.717) is 31.5 Å². The molecule has 1 saturated heterocycles. The van der Waals surface area contributed by atoms with Gasteiger partial charge in [0.15, 0.2) is 0 Å². The summed E-state index contributed by atoms with van der Waals surface area (Å²) in [6.07, 6.45) is 2.34. The predicted molar refractivity (Wildman–Crippen MR) is 86.4 cm³/mol. The van der Waals surface area contributed by atoms with E-state index in [9.17, 15) is 18.0 Å². The second-order valence-electron chi connectivity index (χ2n) is 5.55. The van der Waals surface area contributed by atoms with Crippen LogP contribution >= 0.6 is 0 Å². The maximum absolute atomic E-state index is 11.9. The Bertz CT molecular complexity index is 653. The summed E-state index contributed by atoms with van der Waals surface area (Å²) in [4.78, 5) is 23.7. The van der Waals surface area contributed by atoms with Gasteiger partial charge in [-0.3, -0.25) is 9.59 Å². The number of amides is 2. The topological polar surface area (TPSA) is 95.6 Å². The van der Waals surface area contributed by atoms with E-state index in [1.807, 2.05) is 6.07 Å². The molecule has 7 nitrogen and oxygen atoms in total. The maximum atomic E-state index is 11.9. The summed E-state index contributed by atoms with van der Waals surface area (Å²) in [6, 6.07) is 8.61. The van der Waals surface area contributed by atoms with Crippen LogP contribution in [0.1, 0.15) is 23.2 Å². The highest BCUT2D eigenvalue weighted by molar-refractivity contribution is 7.88. The quantitative estimate of drug-likeness (QED) is 0.787. The van der Waals surface area contributed by atoms with E-state index in [1.165, 1.54) is 10.6 Å². The van der Waals surface area contributed by atoms with E-state index in [-0.39, 0.29) is 24.4 Å². The lowest BCUT2D eigenvalue weighted by Gasteiger charge is -2.30. The molecule has 1 fully saturated rings. The van der Waals surface area contributed by atoms with Gasteiger partial charge in [-0.1, -0.05) is 18.2 Å². The molecule has 0 aromatic heterocycles. The van der Waals surface area contributed by atoms with Crippen molar-refractivity contribution in [3.05, 3.63) is 35.9 Å². The van der Waals surface area contributed by atoms with Gasteiger partial charge in [0.25, 0.3) is 5.91 Å². The summed E-state index contributed by atoms with van der Waals surface area (Å²) in [6.45, 7) is 0.709. The highest BCUT2D eigenvalue weighted by atomic mass is 32.2. The van der Waals surface area contributed by atoms with E-state index in [4.69, 9.17) is 0 Å². The highest BCUT2D eigenvalue weighted by Gasteiger charge is 2.25.